The third kappa shape index (κ3) is 19.2. The van der Waals surface area contributed by atoms with E-state index in [1.54, 1.807) is 6.08 Å². The number of halogens is 3. The molecular weight excluding hydrogens is 707 g/mol. The topological polar surface area (TPSA) is 49.4 Å². The van der Waals surface area contributed by atoms with Crippen molar-refractivity contribution in [1.29, 1.82) is 0 Å². The lowest BCUT2D eigenvalue weighted by Gasteiger charge is -2.34. The van der Waals surface area contributed by atoms with Crippen LogP contribution < -0.4 is 4.72 Å². The van der Waals surface area contributed by atoms with E-state index in [2.05, 4.69) is 47.0 Å². The zero-order chi connectivity index (χ0) is 34.6. The Balaban J connectivity index is 0.000000775. The van der Waals surface area contributed by atoms with Gasteiger partial charge in [0.1, 0.15) is 11.0 Å². The van der Waals surface area contributed by atoms with Gasteiger partial charge in [0.2, 0.25) is 0 Å². The van der Waals surface area contributed by atoms with Crippen LogP contribution in [0.25, 0.3) is 0 Å². The van der Waals surface area contributed by atoms with Crippen molar-refractivity contribution in [3.8, 4) is 0 Å². The summed E-state index contributed by atoms with van der Waals surface area (Å²) < 4.78 is 29.6. The van der Waals surface area contributed by atoms with Gasteiger partial charge in [-0.05, 0) is 103 Å². The predicted octanol–water partition coefficient (Wildman–Crippen LogP) is 10.2. The summed E-state index contributed by atoms with van der Waals surface area (Å²) in [4.78, 5) is 0. The largest absolute Gasteiger partial charge is 0.242 e. The van der Waals surface area contributed by atoms with Gasteiger partial charge in [0.05, 0.1) is 20.5 Å². The molecule has 1 N–H and O–H groups in total. The van der Waals surface area contributed by atoms with Gasteiger partial charge in [0, 0.05) is 34.0 Å². The minimum Gasteiger partial charge on any atom is -0.242 e. The van der Waals surface area contributed by atoms with Crippen molar-refractivity contribution in [1.82, 2.24) is 9.03 Å². The Morgan fingerprint density at radius 2 is 1.20 bits per heavy atom. The van der Waals surface area contributed by atoms with Crippen LogP contribution in [0.4, 0.5) is 0 Å². The number of hydrogen-bond acceptors (Lipinski definition) is 2. The molecule has 0 saturated heterocycles. The summed E-state index contributed by atoms with van der Waals surface area (Å²) in [7, 11) is -2.17. The maximum absolute atomic E-state index is 12.8. The standard InChI is InChI=1S/C18H26ClNOS.C15H22ClNOS.C3H5Br/c1-6-8-17(14-15-9-11-16(19)12-10-15)20(13-7-2)22(21)18(3,4)5;1-5-6-14(17-19(18)15(2,3)4)11-12-7-9-13(16)10-8-12;1-2-3-4/h6-7,9-12,17H,1-2,8,13-14H2,3-5H3;5,7-10,14,17H,1,6,11H2,2-4H3;2H,1,3H2/t17?,22-;14?,19-;/m00./s1. The minimum absolute atomic E-state index is 0.122. The normalized spacial score (nSPS) is 14.0. The molecular formula is C36H53BrCl2N2O2S2. The van der Waals surface area contributed by atoms with Crippen molar-refractivity contribution >= 4 is 61.1 Å². The van der Waals surface area contributed by atoms with Crippen molar-refractivity contribution < 1.29 is 8.42 Å². The third-order valence-corrected chi connectivity index (χ3v) is 10.6. The second kappa shape index (κ2) is 23.1. The first-order valence-corrected chi connectivity index (χ1v) is 19.0. The van der Waals surface area contributed by atoms with E-state index in [0.29, 0.717) is 6.54 Å². The fraction of sp³-hybridized carbons (Fsp3) is 0.444. The summed E-state index contributed by atoms with van der Waals surface area (Å²) >= 11 is 14.9. The SMILES string of the molecule is C=CCBr.C=CCC(Cc1ccc(Cl)cc1)N(CC=C)[S@@](=O)C(C)(C)C.C=CCC(Cc1ccc(Cl)cc1)N[S@@](=O)C(C)(C)C. The molecule has 0 bridgehead atoms. The smallest absolute Gasteiger partial charge is 0.100 e. The molecule has 0 amide bonds. The molecule has 2 aromatic rings. The highest BCUT2D eigenvalue weighted by atomic mass is 79.9. The molecule has 4 nitrogen and oxygen atoms in total. The number of hydrogen-bond donors (Lipinski definition) is 1. The Hall–Kier alpha value is -1.32. The summed E-state index contributed by atoms with van der Waals surface area (Å²) in [5.41, 5.74) is 2.35. The van der Waals surface area contributed by atoms with Crippen molar-refractivity contribution in [2.45, 2.75) is 88.8 Å². The Morgan fingerprint density at radius 1 is 0.756 bits per heavy atom. The average Bonchev–Trinajstić information content (AvgIpc) is 2.97. The van der Waals surface area contributed by atoms with E-state index in [4.69, 9.17) is 23.2 Å². The maximum Gasteiger partial charge on any atom is 0.100 e. The van der Waals surface area contributed by atoms with Gasteiger partial charge in [-0.2, -0.15) is 0 Å². The molecule has 4 atom stereocenters. The summed E-state index contributed by atoms with van der Waals surface area (Å²) in [6.45, 7) is 27.3. The van der Waals surface area contributed by atoms with E-state index in [-0.39, 0.29) is 21.6 Å². The highest BCUT2D eigenvalue weighted by Crippen LogP contribution is 2.23. The van der Waals surface area contributed by atoms with Crippen LogP contribution in [0.1, 0.15) is 65.5 Å². The van der Waals surface area contributed by atoms with Crippen LogP contribution in [0.5, 0.6) is 0 Å². The number of nitrogens with one attached hydrogen (secondary N) is 1. The lowest BCUT2D eigenvalue weighted by molar-refractivity contribution is 0.354. The van der Waals surface area contributed by atoms with E-state index in [9.17, 15) is 8.42 Å². The quantitative estimate of drug-likeness (QED) is 0.145. The Kier molecular flexibility index (Phi) is 22.4. The van der Waals surface area contributed by atoms with Gasteiger partial charge >= 0.3 is 0 Å². The van der Waals surface area contributed by atoms with Crippen LogP contribution in [-0.4, -0.2) is 46.2 Å². The van der Waals surface area contributed by atoms with Crippen molar-refractivity contribution in [2.24, 2.45) is 0 Å². The Labute approximate surface area is 297 Å². The van der Waals surface area contributed by atoms with Gasteiger partial charge in [-0.15, -0.1) is 26.3 Å². The molecule has 2 unspecified atom stereocenters. The second-order valence-corrected chi connectivity index (χ2v) is 18.0. The number of alkyl halides is 1. The summed E-state index contributed by atoms with van der Waals surface area (Å²) in [6, 6.07) is 15.8. The van der Waals surface area contributed by atoms with Crippen LogP contribution >= 0.6 is 39.1 Å². The molecule has 2 aromatic carbocycles. The number of benzene rings is 2. The molecule has 0 fully saturated rings. The number of nitrogens with zero attached hydrogens (tertiary/aromatic N) is 1. The monoisotopic (exact) mass is 758 g/mol. The molecule has 9 heteroatoms. The lowest BCUT2D eigenvalue weighted by Crippen LogP contribution is -2.44. The molecule has 2 rings (SSSR count). The average molecular weight is 761 g/mol. The zero-order valence-electron chi connectivity index (χ0n) is 27.9. The number of rotatable bonds is 15. The first-order valence-electron chi connectivity index (χ1n) is 14.9. The minimum atomic E-state index is -1.10. The van der Waals surface area contributed by atoms with Gasteiger partial charge in [-0.25, -0.2) is 17.4 Å². The van der Waals surface area contributed by atoms with Crippen LogP contribution in [0, 0.1) is 0 Å². The summed E-state index contributed by atoms with van der Waals surface area (Å²) in [5, 5.41) is 2.35. The zero-order valence-corrected chi connectivity index (χ0v) is 32.6. The van der Waals surface area contributed by atoms with E-state index in [1.807, 2.05) is 113 Å². The Morgan fingerprint density at radius 3 is 1.56 bits per heavy atom. The molecule has 0 aliphatic carbocycles. The third-order valence-electron chi connectivity index (χ3n) is 6.06. The van der Waals surface area contributed by atoms with Gasteiger partial charge in [-0.3, -0.25) is 0 Å². The lowest BCUT2D eigenvalue weighted by atomic mass is 10.0. The summed E-state index contributed by atoms with van der Waals surface area (Å²) in [5.74, 6) is 0. The van der Waals surface area contributed by atoms with E-state index >= 15 is 0 Å². The first-order chi connectivity index (χ1) is 21.0. The number of allylic oxidation sites excluding steroid dienone is 1. The molecule has 0 heterocycles. The maximum atomic E-state index is 12.8. The molecule has 0 aliphatic rings. The highest BCUT2D eigenvalue weighted by molar-refractivity contribution is 9.09. The molecule has 0 aliphatic heterocycles. The van der Waals surface area contributed by atoms with Gasteiger partial charge in [0.15, 0.2) is 0 Å². The highest BCUT2D eigenvalue weighted by Gasteiger charge is 2.30. The molecule has 0 radical (unpaired) electrons. The van der Waals surface area contributed by atoms with E-state index in [1.165, 1.54) is 11.1 Å². The van der Waals surface area contributed by atoms with Crippen LogP contribution in [0.15, 0.2) is 99.2 Å². The van der Waals surface area contributed by atoms with E-state index < -0.39 is 22.0 Å². The van der Waals surface area contributed by atoms with Crippen molar-refractivity contribution in [3.05, 3.63) is 120 Å². The second-order valence-electron chi connectivity index (χ2n) is 12.3. The van der Waals surface area contributed by atoms with Gasteiger partial charge in [0.25, 0.3) is 0 Å². The predicted molar refractivity (Wildman–Crippen MR) is 207 cm³/mol. The van der Waals surface area contributed by atoms with Gasteiger partial charge in [-0.1, -0.05) is 87.7 Å². The van der Waals surface area contributed by atoms with Crippen LogP contribution in [-0.2, 0) is 34.8 Å². The molecule has 0 spiro atoms. The first kappa shape index (κ1) is 43.7. The fourth-order valence-electron chi connectivity index (χ4n) is 3.83. The molecule has 0 saturated carbocycles. The fourth-order valence-corrected chi connectivity index (χ4v) is 6.29. The van der Waals surface area contributed by atoms with Crippen LogP contribution in [0.3, 0.4) is 0 Å². The van der Waals surface area contributed by atoms with Crippen LogP contribution in [0.2, 0.25) is 10.0 Å². The van der Waals surface area contributed by atoms with E-state index in [0.717, 1.165) is 41.1 Å². The van der Waals surface area contributed by atoms with Crippen molar-refractivity contribution in [2.75, 3.05) is 11.9 Å². The summed E-state index contributed by atoms with van der Waals surface area (Å²) in [6.07, 6.45) is 10.5. The molecule has 252 valence electrons. The molecule has 0 aromatic heterocycles. The van der Waals surface area contributed by atoms with Gasteiger partial charge < -0.3 is 0 Å². The Bertz CT molecular complexity index is 1210. The molecule has 45 heavy (non-hydrogen) atoms. The van der Waals surface area contributed by atoms with Crippen molar-refractivity contribution in [3.63, 3.8) is 0 Å².